The number of carbonyl (C=O) groups is 1. The molecular formula is C16H25ClN2O2. The molecule has 118 valence electrons. The molecule has 0 aliphatic rings. The van der Waals surface area contributed by atoms with Crippen LogP contribution in [0.4, 0.5) is 4.79 Å². The highest BCUT2D eigenvalue weighted by Crippen LogP contribution is 2.29. The number of aliphatic hydroxyl groups excluding tert-OH is 1. The van der Waals surface area contributed by atoms with Crippen LogP contribution >= 0.6 is 11.6 Å². The van der Waals surface area contributed by atoms with E-state index in [1.807, 2.05) is 12.1 Å². The smallest absolute Gasteiger partial charge is 0.315 e. The lowest BCUT2D eigenvalue weighted by Gasteiger charge is -2.31. The van der Waals surface area contributed by atoms with Gasteiger partial charge in [-0.3, -0.25) is 0 Å². The van der Waals surface area contributed by atoms with Gasteiger partial charge in [-0.2, -0.15) is 0 Å². The molecule has 1 rings (SSSR count). The topological polar surface area (TPSA) is 61.4 Å². The quantitative estimate of drug-likeness (QED) is 0.689. The lowest BCUT2D eigenvalue weighted by molar-refractivity contribution is 0.163. The van der Waals surface area contributed by atoms with Crippen molar-refractivity contribution in [3.63, 3.8) is 0 Å². The van der Waals surface area contributed by atoms with Gasteiger partial charge < -0.3 is 15.7 Å². The normalized spacial score (nSPS) is 11.2. The van der Waals surface area contributed by atoms with Crippen LogP contribution in [0.5, 0.6) is 0 Å². The fourth-order valence-corrected chi connectivity index (χ4v) is 2.42. The van der Waals surface area contributed by atoms with Gasteiger partial charge in [0.1, 0.15) is 0 Å². The van der Waals surface area contributed by atoms with Gasteiger partial charge in [-0.25, -0.2) is 4.79 Å². The number of nitrogens with one attached hydrogen (secondary N) is 2. The Hall–Kier alpha value is -1.26. The second kappa shape index (κ2) is 8.90. The van der Waals surface area contributed by atoms with Crippen LogP contribution in [0, 0.1) is 5.41 Å². The number of hydrogen-bond acceptors (Lipinski definition) is 2. The minimum absolute atomic E-state index is 0.0215. The molecule has 0 aliphatic heterocycles. The van der Waals surface area contributed by atoms with Crippen molar-refractivity contribution < 1.29 is 9.90 Å². The first kappa shape index (κ1) is 17.8. The van der Waals surface area contributed by atoms with Crippen molar-refractivity contribution in [3.8, 4) is 0 Å². The summed E-state index contributed by atoms with van der Waals surface area (Å²) in [5.41, 5.74) is 0.981. The Kier molecular flexibility index (Phi) is 7.54. The van der Waals surface area contributed by atoms with Gasteiger partial charge in [0.15, 0.2) is 0 Å². The van der Waals surface area contributed by atoms with Gasteiger partial charge >= 0.3 is 6.03 Å². The summed E-state index contributed by atoms with van der Waals surface area (Å²) in [6, 6.07) is 7.19. The number of rotatable bonds is 8. The average molecular weight is 313 g/mol. The number of aliphatic hydroxyl groups is 1. The van der Waals surface area contributed by atoms with E-state index in [1.165, 1.54) is 0 Å². The molecule has 5 heteroatoms. The van der Waals surface area contributed by atoms with Crippen molar-refractivity contribution in [2.24, 2.45) is 5.41 Å². The minimum atomic E-state index is -0.186. The predicted molar refractivity (Wildman–Crippen MR) is 86.4 cm³/mol. The summed E-state index contributed by atoms with van der Waals surface area (Å²) in [5.74, 6) is 0. The SMILES string of the molecule is CCC(CC)(CCO)CNC(=O)NCc1ccc(Cl)cc1. The first-order chi connectivity index (χ1) is 10.0. The van der Waals surface area contributed by atoms with Gasteiger partial charge in [0.25, 0.3) is 0 Å². The summed E-state index contributed by atoms with van der Waals surface area (Å²) in [4.78, 5) is 11.9. The Bertz CT molecular complexity index is 430. The fraction of sp³-hybridized carbons (Fsp3) is 0.562. The number of amides is 2. The summed E-state index contributed by atoms with van der Waals surface area (Å²) in [6.45, 7) is 5.37. The van der Waals surface area contributed by atoms with E-state index >= 15 is 0 Å². The first-order valence-electron chi connectivity index (χ1n) is 7.42. The Morgan fingerprint density at radius 2 is 1.81 bits per heavy atom. The molecule has 0 heterocycles. The van der Waals surface area contributed by atoms with Gasteiger partial charge in [0, 0.05) is 24.7 Å². The van der Waals surface area contributed by atoms with Crippen LogP contribution in [0.2, 0.25) is 5.02 Å². The molecule has 4 nitrogen and oxygen atoms in total. The van der Waals surface area contributed by atoms with E-state index < -0.39 is 0 Å². The molecule has 1 aromatic rings. The van der Waals surface area contributed by atoms with E-state index in [-0.39, 0.29) is 18.1 Å². The van der Waals surface area contributed by atoms with E-state index in [4.69, 9.17) is 16.7 Å². The second-order valence-corrected chi connectivity index (χ2v) is 5.78. The number of carbonyl (C=O) groups excluding carboxylic acids is 1. The maximum Gasteiger partial charge on any atom is 0.315 e. The van der Waals surface area contributed by atoms with Crippen molar-refractivity contribution in [1.82, 2.24) is 10.6 Å². The van der Waals surface area contributed by atoms with Gasteiger partial charge in [0.05, 0.1) is 0 Å². The minimum Gasteiger partial charge on any atom is -0.396 e. The molecule has 0 unspecified atom stereocenters. The summed E-state index contributed by atoms with van der Waals surface area (Å²) < 4.78 is 0. The van der Waals surface area contributed by atoms with Gasteiger partial charge in [0.2, 0.25) is 0 Å². The molecule has 0 spiro atoms. The van der Waals surface area contributed by atoms with Gasteiger partial charge in [-0.1, -0.05) is 37.6 Å². The molecule has 1 aromatic carbocycles. The molecule has 2 amide bonds. The zero-order valence-corrected chi connectivity index (χ0v) is 13.5. The van der Waals surface area contributed by atoms with E-state index in [1.54, 1.807) is 12.1 Å². The summed E-state index contributed by atoms with van der Waals surface area (Å²) >= 11 is 5.82. The summed E-state index contributed by atoms with van der Waals surface area (Å²) in [7, 11) is 0. The molecule has 0 fully saturated rings. The van der Waals surface area contributed by atoms with Crippen molar-refractivity contribution >= 4 is 17.6 Å². The predicted octanol–water partition coefficient (Wildman–Crippen LogP) is 3.33. The third-order valence-corrected chi connectivity index (χ3v) is 4.38. The second-order valence-electron chi connectivity index (χ2n) is 5.34. The Labute approximate surface area is 131 Å². The lowest BCUT2D eigenvalue weighted by atomic mass is 9.79. The highest BCUT2D eigenvalue weighted by atomic mass is 35.5. The molecule has 3 N–H and O–H groups in total. The highest BCUT2D eigenvalue weighted by molar-refractivity contribution is 6.30. The molecule has 0 atom stereocenters. The van der Waals surface area contributed by atoms with Crippen LogP contribution < -0.4 is 10.6 Å². The third-order valence-electron chi connectivity index (χ3n) is 4.13. The molecule has 21 heavy (non-hydrogen) atoms. The molecule has 0 aliphatic carbocycles. The zero-order valence-electron chi connectivity index (χ0n) is 12.8. The monoisotopic (exact) mass is 312 g/mol. The number of urea groups is 1. The zero-order chi connectivity index (χ0) is 15.7. The third kappa shape index (κ3) is 5.94. The maximum absolute atomic E-state index is 11.9. The fourth-order valence-electron chi connectivity index (χ4n) is 2.29. The van der Waals surface area contributed by atoms with Crippen molar-refractivity contribution in [1.29, 1.82) is 0 Å². The van der Waals surface area contributed by atoms with Crippen LogP contribution in [-0.2, 0) is 6.54 Å². The largest absolute Gasteiger partial charge is 0.396 e. The first-order valence-corrected chi connectivity index (χ1v) is 7.80. The molecule has 0 saturated heterocycles. The Morgan fingerprint density at radius 1 is 1.19 bits per heavy atom. The number of hydrogen-bond donors (Lipinski definition) is 3. The van der Waals surface area contributed by atoms with Gasteiger partial charge in [-0.05, 0) is 42.4 Å². The standard InChI is InChI=1S/C16H25ClN2O2/c1-3-16(4-2,9-10-20)12-19-15(21)18-11-13-5-7-14(17)8-6-13/h5-8,20H,3-4,9-12H2,1-2H3,(H2,18,19,21). The molecule has 0 bridgehead atoms. The van der Waals surface area contributed by atoms with E-state index in [9.17, 15) is 4.79 Å². The highest BCUT2D eigenvalue weighted by Gasteiger charge is 2.25. The van der Waals surface area contributed by atoms with Crippen molar-refractivity contribution in [2.45, 2.75) is 39.7 Å². The van der Waals surface area contributed by atoms with Crippen LogP contribution in [0.25, 0.3) is 0 Å². The maximum atomic E-state index is 11.9. The van der Waals surface area contributed by atoms with E-state index in [0.29, 0.717) is 24.5 Å². The molecule has 0 radical (unpaired) electrons. The van der Waals surface area contributed by atoms with E-state index in [2.05, 4.69) is 24.5 Å². The molecule has 0 aromatic heterocycles. The number of benzene rings is 1. The summed E-state index contributed by atoms with van der Waals surface area (Å²) in [5, 5.41) is 15.6. The van der Waals surface area contributed by atoms with Crippen LogP contribution in [0.1, 0.15) is 38.7 Å². The average Bonchev–Trinajstić information content (AvgIpc) is 2.51. The van der Waals surface area contributed by atoms with Crippen LogP contribution in [0.3, 0.4) is 0 Å². The summed E-state index contributed by atoms with van der Waals surface area (Å²) in [6.07, 6.45) is 2.57. The van der Waals surface area contributed by atoms with Gasteiger partial charge in [-0.15, -0.1) is 0 Å². The molecule has 0 saturated carbocycles. The number of halogens is 1. The Morgan fingerprint density at radius 3 is 2.33 bits per heavy atom. The van der Waals surface area contributed by atoms with E-state index in [0.717, 1.165) is 18.4 Å². The lowest BCUT2D eigenvalue weighted by Crippen LogP contribution is -2.42. The Balaban J connectivity index is 2.40. The van der Waals surface area contributed by atoms with Crippen molar-refractivity contribution in [2.75, 3.05) is 13.2 Å². The van der Waals surface area contributed by atoms with Crippen molar-refractivity contribution in [3.05, 3.63) is 34.9 Å². The van der Waals surface area contributed by atoms with Crippen LogP contribution in [-0.4, -0.2) is 24.3 Å². The molecular weight excluding hydrogens is 288 g/mol. The van der Waals surface area contributed by atoms with Crippen LogP contribution in [0.15, 0.2) is 24.3 Å².